The SMILES string of the molecule is COc1ccc(S(=O)(=O)NC(C)C(=O)OCC(=O)Nc2ccc(C)c(F)c2)cc1. The first kappa shape index (κ1) is 22.3. The van der Waals surface area contributed by atoms with Crippen molar-refractivity contribution >= 4 is 27.6 Å². The van der Waals surface area contributed by atoms with Crippen LogP contribution in [0, 0.1) is 12.7 Å². The summed E-state index contributed by atoms with van der Waals surface area (Å²) in [5.41, 5.74) is 0.634. The molecule has 0 fully saturated rings. The van der Waals surface area contributed by atoms with Crippen LogP contribution >= 0.6 is 0 Å². The Kier molecular flexibility index (Phi) is 7.29. The van der Waals surface area contributed by atoms with Gasteiger partial charge in [-0.1, -0.05) is 6.07 Å². The van der Waals surface area contributed by atoms with Gasteiger partial charge in [-0.25, -0.2) is 12.8 Å². The molecule has 1 atom stereocenters. The summed E-state index contributed by atoms with van der Waals surface area (Å²) in [6.07, 6.45) is 0. The van der Waals surface area contributed by atoms with E-state index in [4.69, 9.17) is 9.47 Å². The maximum absolute atomic E-state index is 13.5. The number of carbonyl (C=O) groups is 2. The Morgan fingerprint density at radius 1 is 1.14 bits per heavy atom. The number of carbonyl (C=O) groups excluding carboxylic acids is 2. The van der Waals surface area contributed by atoms with E-state index in [9.17, 15) is 22.4 Å². The van der Waals surface area contributed by atoms with E-state index in [-0.39, 0.29) is 10.6 Å². The fraction of sp³-hybridized carbons (Fsp3) is 0.263. The number of aryl methyl sites for hydroxylation is 1. The second-order valence-corrected chi connectivity index (χ2v) is 7.85. The first-order valence-corrected chi connectivity index (χ1v) is 9.99. The lowest BCUT2D eigenvalue weighted by Gasteiger charge is -2.14. The molecule has 1 amide bonds. The number of methoxy groups -OCH3 is 1. The van der Waals surface area contributed by atoms with E-state index in [0.29, 0.717) is 11.3 Å². The van der Waals surface area contributed by atoms with Crippen molar-refractivity contribution in [3.63, 3.8) is 0 Å². The Morgan fingerprint density at radius 2 is 1.79 bits per heavy atom. The number of halogens is 1. The van der Waals surface area contributed by atoms with Crippen LogP contribution in [0.15, 0.2) is 47.4 Å². The van der Waals surface area contributed by atoms with Crippen LogP contribution in [0.3, 0.4) is 0 Å². The maximum Gasteiger partial charge on any atom is 0.324 e. The van der Waals surface area contributed by atoms with E-state index in [0.717, 1.165) is 6.07 Å². The van der Waals surface area contributed by atoms with E-state index in [1.54, 1.807) is 6.92 Å². The summed E-state index contributed by atoms with van der Waals surface area (Å²) in [5.74, 6) is -1.63. The smallest absolute Gasteiger partial charge is 0.324 e. The Balaban J connectivity index is 1.88. The number of amides is 1. The fourth-order valence-corrected chi connectivity index (χ4v) is 3.43. The molecule has 0 saturated heterocycles. The average molecular weight is 424 g/mol. The molecule has 0 aromatic heterocycles. The first-order chi connectivity index (χ1) is 13.6. The van der Waals surface area contributed by atoms with Gasteiger partial charge in [0.1, 0.15) is 17.6 Å². The van der Waals surface area contributed by atoms with Crippen LogP contribution < -0.4 is 14.8 Å². The predicted octanol–water partition coefficient (Wildman–Crippen LogP) is 1.99. The molecule has 2 aromatic carbocycles. The molecule has 29 heavy (non-hydrogen) atoms. The van der Waals surface area contributed by atoms with Gasteiger partial charge in [0.2, 0.25) is 10.0 Å². The highest BCUT2D eigenvalue weighted by atomic mass is 32.2. The van der Waals surface area contributed by atoms with Gasteiger partial charge in [-0.15, -0.1) is 0 Å². The molecular formula is C19H21FN2O6S. The van der Waals surface area contributed by atoms with Crippen LogP contribution in [0.4, 0.5) is 10.1 Å². The van der Waals surface area contributed by atoms with Crippen molar-refractivity contribution < 1.29 is 31.9 Å². The minimum Gasteiger partial charge on any atom is -0.497 e. The molecule has 0 aliphatic carbocycles. The van der Waals surface area contributed by atoms with Gasteiger partial charge in [-0.3, -0.25) is 9.59 Å². The molecular weight excluding hydrogens is 403 g/mol. The molecule has 1 unspecified atom stereocenters. The molecule has 0 saturated carbocycles. The lowest BCUT2D eigenvalue weighted by Crippen LogP contribution is -2.40. The molecule has 0 heterocycles. The Morgan fingerprint density at radius 3 is 2.38 bits per heavy atom. The summed E-state index contributed by atoms with van der Waals surface area (Å²) in [7, 11) is -2.52. The number of ether oxygens (including phenoxy) is 2. The predicted molar refractivity (Wildman–Crippen MR) is 104 cm³/mol. The standard InChI is InChI=1S/C19H21FN2O6S/c1-12-4-5-14(10-17(12)20)21-18(23)11-28-19(24)13(2)22-29(25,26)16-8-6-15(27-3)7-9-16/h4-10,13,22H,11H2,1-3H3,(H,21,23). The number of anilines is 1. The molecule has 8 nitrogen and oxygen atoms in total. The topological polar surface area (TPSA) is 111 Å². The van der Waals surface area contributed by atoms with Gasteiger partial charge in [0.05, 0.1) is 12.0 Å². The summed E-state index contributed by atoms with van der Waals surface area (Å²) in [6, 6.07) is 8.50. The molecule has 2 rings (SSSR count). The van der Waals surface area contributed by atoms with Crippen molar-refractivity contribution in [2.75, 3.05) is 19.0 Å². The maximum atomic E-state index is 13.5. The van der Waals surface area contributed by atoms with Gasteiger partial charge in [0, 0.05) is 5.69 Å². The summed E-state index contributed by atoms with van der Waals surface area (Å²) in [6.45, 7) is 2.22. The molecule has 10 heteroatoms. The van der Waals surface area contributed by atoms with E-state index < -0.39 is 40.4 Å². The Labute approximate surface area is 168 Å². The third-order valence-corrected chi connectivity index (χ3v) is 5.41. The zero-order valence-electron chi connectivity index (χ0n) is 16.1. The highest BCUT2D eigenvalue weighted by molar-refractivity contribution is 7.89. The highest BCUT2D eigenvalue weighted by Crippen LogP contribution is 2.16. The summed E-state index contributed by atoms with van der Waals surface area (Å²) in [4.78, 5) is 23.8. The van der Waals surface area contributed by atoms with E-state index in [1.165, 1.54) is 50.4 Å². The van der Waals surface area contributed by atoms with Crippen LogP contribution in [0.2, 0.25) is 0 Å². The van der Waals surface area contributed by atoms with Gasteiger partial charge < -0.3 is 14.8 Å². The molecule has 2 N–H and O–H groups in total. The van der Waals surface area contributed by atoms with Crippen molar-refractivity contribution in [3.8, 4) is 5.75 Å². The summed E-state index contributed by atoms with van der Waals surface area (Å²) < 4.78 is 50.1. The number of nitrogens with one attached hydrogen (secondary N) is 2. The summed E-state index contributed by atoms with van der Waals surface area (Å²) in [5, 5.41) is 2.38. The average Bonchev–Trinajstić information content (AvgIpc) is 2.68. The second kappa shape index (κ2) is 9.48. The number of sulfonamides is 1. The van der Waals surface area contributed by atoms with Gasteiger partial charge in [-0.05, 0) is 55.8 Å². The number of hydrogen-bond donors (Lipinski definition) is 2. The highest BCUT2D eigenvalue weighted by Gasteiger charge is 2.23. The molecule has 0 radical (unpaired) electrons. The number of rotatable bonds is 8. The minimum absolute atomic E-state index is 0.0582. The van der Waals surface area contributed by atoms with Crippen molar-refractivity contribution in [1.29, 1.82) is 0 Å². The van der Waals surface area contributed by atoms with Crippen molar-refractivity contribution in [2.45, 2.75) is 24.8 Å². The first-order valence-electron chi connectivity index (χ1n) is 8.51. The van der Waals surface area contributed by atoms with Crippen molar-refractivity contribution in [2.24, 2.45) is 0 Å². The van der Waals surface area contributed by atoms with Crippen LogP contribution in [-0.4, -0.2) is 40.1 Å². The Hall–Kier alpha value is -2.98. The van der Waals surface area contributed by atoms with E-state index >= 15 is 0 Å². The fourth-order valence-electron chi connectivity index (χ4n) is 2.23. The van der Waals surface area contributed by atoms with Crippen LogP contribution in [0.25, 0.3) is 0 Å². The van der Waals surface area contributed by atoms with Gasteiger partial charge in [-0.2, -0.15) is 4.72 Å². The lowest BCUT2D eigenvalue weighted by atomic mass is 10.2. The number of benzene rings is 2. The van der Waals surface area contributed by atoms with Crippen LogP contribution in [0.1, 0.15) is 12.5 Å². The third kappa shape index (κ3) is 6.26. The number of esters is 1. The number of hydrogen-bond acceptors (Lipinski definition) is 6. The van der Waals surface area contributed by atoms with E-state index in [1.807, 2.05) is 0 Å². The van der Waals surface area contributed by atoms with Gasteiger partial charge in [0.25, 0.3) is 5.91 Å². The van der Waals surface area contributed by atoms with E-state index in [2.05, 4.69) is 10.0 Å². The monoisotopic (exact) mass is 424 g/mol. The summed E-state index contributed by atoms with van der Waals surface area (Å²) >= 11 is 0. The largest absolute Gasteiger partial charge is 0.497 e. The normalized spacial score (nSPS) is 12.1. The molecule has 0 aliphatic rings. The quantitative estimate of drug-likeness (QED) is 0.627. The van der Waals surface area contributed by atoms with Crippen molar-refractivity contribution in [1.82, 2.24) is 4.72 Å². The zero-order valence-corrected chi connectivity index (χ0v) is 16.9. The van der Waals surface area contributed by atoms with Crippen molar-refractivity contribution in [3.05, 3.63) is 53.8 Å². The molecule has 0 bridgehead atoms. The zero-order chi connectivity index (χ0) is 21.6. The lowest BCUT2D eigenvalue weighted by molar-refractivity contribution is -0.148. The third-order valence-electron chi connectivity index (χ3n) is 3.86. The van der Waals surface area contributed by atoms with Crippen LogP contribution in [-0.2, 0) is 24.3 Å². The van der Waals surface area contributed by atoms with Gasteiger partial charge in [0.15, 0.2) is 6.61 Å². The molecule has 2 aromatic rings. The second-order valence-electron chi connectivity index (χ2n) is 6.14. The molecule has 0 spiro atoms. The van der Waals surface area contributed by atoms with Gasteiger partial charge >= 0.3 is 5.97 Å². The minimum atomic E-state index is -3.97. The Bertz CT molecular complexity index is 992. The molecule has 156 valence electrons. The van der Waals surface area contributed by atoms with Crippen LogP contribution in [0.5, 0.6) is 5.75 Å². The molecule has 0 aliphatic heterocycles.